The lowest BCUT2D eigenvalue weighted by molar-refractivity contribution is -0.118. The highest BCUT2D eigenvalue weighted by Crippen LogP contribution is 2.01. The van der Waals surface area contributed by atoms with Gasteiger partial charge in [-0.15, -0.1) is 0 Å². The van der Waals surface area contributed by atoms with E-state index in [9.17, 15) is 4.79 Å². The van der Waals surface area contributed by atoms with E-state index in [1.165, 1.54) is 0 Å². The lowest BCUT2D eigenvalue weighted by atomic mass is 10.0. The molecule has 0 aromatic heterocycles. The molecule has 0 amide bonds. The summed E-state index contributed by atoms with van der Waals surface area (Å²) in [6.45, 7) is -0.705. The van der Waals surface area contributed by atoms with Gasteiger partial charge in [0.15, 0.2) is 0 Å². The average molecular weight is 179 g/mol. The van der Waals surface area contributed by atoms with Crippen molar-refractivity contribution in [1.82, 2.24) is 0 Å². The molecule has 0 rings (SSSR count). The fraction of sp³-hybridized carbons (Fsp3) is 0.833. The van der Waals surface area contributed by atoms with E-state index in [0.29, 0.717) is 0 Å². The van der Waals surface area contributed by atoms with Gasteiger partial charge in [0.25, 0.3) is 0 Å². The number of rotatable bonds is 5. The van der Waals surface area contributed by atoms with Crippen LogP contribution in [0.2, 0.25) is 0 Å². The van der Waals surface area contributed by atoms with E-state index in [1.54, 1.807) is 0 Å². The predicted molar refractivity (Wildman–Crippen MR) is 39.1 cm³/mol. The Morgan fingerprint density at radius 3 is 2.08 bits per heavy atom. The molecule has 6 nitrogen and oxygen atoms in total. The molecule has 0 saturated carbocycles. The van der Waals surface area contributed by atoms with Crippen LogP contribution < -0.4 is 5.73 Å². The zero-order valence-corrected chi connectivity index (χ0v) is 6.37. The minimum atomic E-state index is -1.62. The minimum absolute atomic E-state index is 0.248. The van der Waals surface area contributed by atoms with Gasteiger partial charge in [-0.2, -0.15) is 0 Å². The normalized spacial score (nSPS) is 21.1. The van der Waals surface area contributed by atoms with E-state index in [4.69, 9.17) is 26.2 Å². The summed E-state index contributed by atoms with van der Waals surface area (Å²) in [5.41, 5.74) is 5.04. The van der Waals surface area contributed by atoms with Crippen LogP contribution in [0, 0.1) is 0 Å². The summed E-state index contributed by atoms with van der Waals surface area (Å²) in [6, 6.07) is -1.26. The summed E-state index contributed by atoms with van der Waals surface area (Å²) in [5.74, 6) is 0. The monoisotopic (exact) mass is 179 g/mol. The molecule has 0 aromatic carbocycles. The summed E-state index contributed by atoms with van der Waals surface area (Å²) in [7, 11) is 0. The van der Waals surface area contributed by atoms with Gasteiger partial charge in [-0.1, -0.05) is 0 Å². The quantitative estimate of drug-likeness (QED) is 0.280. The molecule has 0 bridgehead atoms. The van der Waals surface area contributed by atoms with E-state index < -0.39 is 31.0 Å². The van der Waals surface area contributed by atoms with Gasteiger partial charge in [-0.3, -0.25) is 0 Å². The third-order valence-corrected chi connectivity index (χ3v) is 1.48. The number of aliphatic hydroxyl groups is 4. The van der Waals surface area contributed by atoms with Crippen LogP contribution in [0.15, 0.2) is 0 Å². The maximum absolute atomic E-state index is 10.0. The van der Waals surface area contributed by atoms with Gasteiger partial charge < -0.3 is 31.0 Å². The smallest absolute Gasteiger partial charge is 0.139 e. The standard InChI is InChI=1S/C6H13NO5/c7-3(1-8)5(11)6(12)4(10)2-9/h1,3-6,9-12H,2,7H2/t3?,4-,5-,6-/m1/s1. The van der Waals surface area contributed by atoms with Crippen molar-refractivity contribution in [1.29, 1.82) is 0 Å². The molecule has 0 aromatic rings. The second kappa shape index (κ2) is 5.18. The molecular weight excluding hydrogens is 166 g/mol. The van der Waals surface area contributed by atoms with E-state index in [-0.39, 0.29) is 6.29 Å². The Morgan fingerprint density at radius 1 is 1.25 bits per heavy atom. The Bertz CT molecular complexity index is 142. The Kier molecular flexibility index (Phi) is 4.95. The third kappa shape index (κ3) is 2.84. The highest BCUT2D eigenvalue weighted by Gasteiger charge is 2.28. The van der Waals surface area contributed by atoms with Crippen LogP contribution in [0.5, 0.6) is 0 Å². The van der Waals surface area contributed by atoms with Crippen LogP contribution >= 0.6 is 0 Å². The second-order valence-electron chi connectivity index (χ2n) is 2.44. The third-order valence-electron chi connectivity index (χ3n) is 1.48. The first-order valence-electron chi connectivity index (χ1n) is 3.40. The molecule has 4 atom stereocenters. The van der Waals surface area contributed by atoms with Crippen LogP contribution in [-0.4, -0.2) is 57.7 Å². The van der Waals surface area contributed by atoms with Crippen molar-refractivity contribution in [2.24, 2.45) is 5.73 Å². The predicted octanol–water partition coefficient (Wildman–Crippen LogP) is -3.41. The molecule has 0 aliphatic rings. The van der Waals surface area contributed by atoms with Crippen molar-refractivity contribution >= 4 is 6.29 Å². The zero-order chi connectivity index (χ0) is 9.72. The van der Waals surface area contributed by atoms with Crippen LogP contribution in [0.25, 0.3) is 0 Å². The summed E-state index contributed by atoms with van der Waals surface area (Å²) < 4.78 is 0. The Balaban J connectivity index is 4.07. The number of carbonyl (C=O) groups is 1. The number of hydrogen-bond donors (Lipinski definition) is 5. The number of nitrogens with two attached hydrogens (primary N) is 1. The zero-order valence-electron chi connectivity index (χ0n) is 6.37. The van der Waals surface area contributed by atoms with E-state index in [2.05, 4.69) is 0 Å². The highest BCUT2D eigenvalue weighted by molar-refractivity contribution is 5.58. The van der Waals surface area contributed by atoms with Crippen LogP contribution in [0.1, 0.15) is 0 Å². The van der Waals surface area contributed by atoms with E-state index >= 15 is 0 Å². The van der Waals surface area contributed by atoms with Gasteiger partial charge in [0.1, 0.15) is 24.6 Å². The molecule has 6 N–H and O–H groups in total. The lowest BCUT2D eigenvalue weighted by Gasteiger charge is -2.23. The van der Waals surface area contributed by atoms with Crippen molar-refractivity contribution in [3.63, 3.8) is 0 Å². The first-order valence-corrected chi connectivity index (χ1v) is 3.40. The van der Waals surface area contributed by atoms with Crippen LogP contribution in [0.4, 0.5) is 0 Å². The SMILES string of the molecule is NC(C=O)[C@@H](O)[C@H](O)[C@H](O)CO. The molecule has 1 unspecified atom stereocenters. The Hall–Kier alpha value is -0.530. The van der Waals surface area contributed by atoms with Crippen LogP contribution in [0.3, 0.4) is 0 Å². The topological polar surface area (TPSA) is 124 Å². The maximum atomic E-state index is 10.0. The van der Waals surface area contributed by atoms with Gasteiger partial charge >= 0.3 is 0 Å². The molecule has 0 spiro atoms. The van der Waals surface area contributed by atoms with Crippen molar-refractivity contribution in [2.75, 3.05) is 6.61 Å². The van der Waals surface area contributed by atoms with Gasteiger partial charge in [-0.25, -0.2) is 0 Å². The fourth-order valence-electron chi connectivity index (χ4n) is 0.644. The maximum Gasteiger partial charge on any atom is 0.139 e. The number of aldehydes is 1. The molecule has 0 saturated heterocycles. The molecule has 0 aliphatic carbocycles. The van der Waals surface area contributed by atoms with Gasteiger partial charge in [0.05, 0.1) is 12.6 Å². The summed E-state index contributed by atoms with van der Waals surface area (Å²) in [5, 5.41) is 35.2. The summed E-state index contributed by atoms with van der Waals surface area (Å²) in [6.07, 6.45) is -4.43. The number of hydrogen-bond acceptors (Lipinski definition) is 6. The molecular formula is C6H13NO5. The Morgan fingerprint density at radius 2 is 1.75 bits per heavy atom. The molecule has 72 valence electrons. The number of carbonyl (C=O) groups excluding carboxylic acids is 1. The molecule has 0 aliphatic heterocycles. The molecule has 12 heavy (non-hydrogen) atoms. The van der Waals surface area contributed by atoms with Crippen LogP contribution in [-0.2, 0) is 4.79 Å². The molecule has 0 heterocycles. The van der Waals surface area contributed by atoms with Gasteiger partial charge in [0, 0.05) is 0 Å². The molecule has 0 radical (unpaired) electrons. The fourth-order valence-corrected chi connectivity index (χ4v) is 0.644. The van der Waals surface area contributed by atoms with E-state index in [0.717, 1.165) is 0 Å². The first-order chi connectivity index (χ1) is 5.54. The highest BCUT2D eigenvalue weighted by atomic mass is 16.4. The van der Waals surface area contributed by atoms with Crippen molar-refractivity contribution in [3.05, 3.63) is 0 Å². The second-order valence-corrected chi connectivity index (χ2v) is 2.44. The molecule has 6 heteroatoms. The lowest BCUT2D eigenvalue weighted by Crippen LogP contribution is -2.49. The summed E-state index contributed by atoms with van der Waals surface area (Å²) >= 11 is 0. The van der Waals surface area contributed by atoms with Crippen molar-refractivity contribution in [3.8, 4) is 0 Å². The molecule has 0 fully saturated rings. The summed E-state index contributed by atoms with van der Waals surface area (Å²) in [4.78, 5) is 10.0. The first kappa shape index (κ1) is 11.5. The van der Waals surface area contributed by atoms with Gasteiger partial charge in [-0.05, 0) is 0 Å². The number of aliphatic hydroxyl groups excluding tert-OH is 4. The van der Waals surface area contributed by atoms with E-state index in [1.807, 2.05) is 0 Å². The van der Waals surface area contributed by atoms with Crippen molar-refractivity contribution in [2.45, 2.75) is 24.4 Å². The average Bonchev–Trinajstić information content (AvgIpc) is 2.12. The van der Waals surface area contributed by atoms with Crippen molar-refractivity contribution < 1.29 is 25.2 Å². The minimum Gasteiger partial charge on any atom is -0.394 e. The largest absolute Gasteiger partial charge is 0.394 e. The Labute approximate surface area is 69.2 Å². The van der Waals surface area contributed by atoms with Gasteiger partial charge in [0.2, 0.25) is 0 Å².